The van der Waals surface area contributed by atoms with Gasteiger partial charge in [0.1, 0.15) is 24.6 Å². The zero-order chi connectivity index (χ0) is 25.6. The summed E-state index contributed by atoms with van der Waals surface area (Å²) in [5, 5.41) is 19.5. The van der Waals surface area contributed by atoms with Gasteiger partial charge < -0.3 is 29.1 Å². The van der Waals surface area contributed by atoms with Crippen LogP contribution >= 0.6 is 27.2 Å². The molecule has 2 rings (SSSR count). The van der Waals surface area contributed by atoms with Gasteiger partial charge in [0.25, 0.3) is 5.56 Å². The fourth-order valence-electron chi connectivity index (χ4n) is 2.93. The molecule has 0 aliphatic carbocycles. The van der Waals surface area contributed by atoms with Gasteiger partial charge in [-0.3, -0.25) is 33.6 Å². The summed E-state index contributed by atoms with van der Waals surface area (Å²) < 4.78 is 45.4. The summed E-state index contributed by atoms with van der Waals surface area (Å²) in [6, 6.07) is 1.03. The Morgan fingerprint density at radius 1 is 1.43 bits per heavy atom. The van der Waals surface area contributed by atoms with Crippen LogP contribution in [0.3, 0.4) is 0 Å². The molecule has 35 heavy (non-hydrogen) atoms. The van der Waals surface area contributed by atoms with E-state index in [2.05, 4.69) is 12.2 Å². The number of carboxylic acid groups (broad SMARTS) is 2. The van der Waals surface area contributed by atoms with E-state index >= 15 is 0 Å². The number of hydrogen-bond acceptors (Lipinski definition) is 11. The molecule has 20 heteroatoms. The summed E-state index contributed by atoms with van der Waals surface area (Å²) in [5.41, 5.74) is -1.56. The van der Waals surface area contributed by atoms with Crippen LogP contribution in [0.5, 0.6) is 0 Å². The summed E-state index contributed by atoms with van der Waals surface area (Å²) >= 11 is 3.65. The smallest absolute Gasteiger partial charge is 0.766 e. The first-order valence-corrected chi connectivity index (χ1v) is 13.1. The topological polar surface area (TPSA) is 236 Å². The first kappa shape index (κ1) is 32.7. The van der Waals surface area contributed by atoms with Crippen LogP contribution in [-0.4, -0.2) is 64.2 Å². The van der Waals surface area contributed by atoms with Crippen molar-refractivity contribution in [1.82, 2.24) is 14.6 Å². The van der Waals surface area contributed by atoms with Crippen LogP contribution in [0.2, 0.25) is 0 Å². The van der Waals surface area contributed by atoms with Gasteiger partial charge >= 0.3 is 76.2 Å². The van der Waals surface area contributed by atoms with Gasteiger partial charge in [-0.25, -0.2) is 4.79 Å². The quantitative estimate of drug-likeness (QED) is 0.0487. The molecule has 1 aliphatic rings. The molecule has 16 nitrogen and oxygen atoms in total. The van der Waals surface area contributed by atoms with Crippen LogP contribution < -0.4 is 72.6 Å². The van der Waals surface area contributed by atoms with Gasteiger partial charge in [0.05, 0.1) is 6.10 Å². The first-order chi connectivity index (χ1) is 15.9. The number of thiol groups is 1. The number of nitrogens with one attached hydrogen (secondary N) is 2. The Balaban J connectivity index is 0.00000612. The minimum absolute atomic E-state index is 0. The number of aromatic nitrogens is 2. The molecular weight excluding hydrogens is 563 g/mol. The van der Waals surface area contributed by atoms with Crippen molar-refractivity contribution >= 4 is 39.2 Å². The number of H-pyrrole nitrogens is 1. The number of hydrogen-bond donors (Lipinski definition) is 5. The standard InChI is InChI=1S/C15H21N3O13P2S.K/c1-28-11-10(31-32(25)34)8(30-12(11)18-5-3-9(19)17-15(18)24)6-29-33(26,27)16-4-2-7(13(20)21)14(22)23;/h3,5,7,10-12H,2,4,6H2,1H3,(H,20,21)(H,22,23)(H,25,34)(H2,16,26,27)(H,17,19,24);/q;+1/p-1/t10-,11-,12-;/m1./s1. The summed E-state index contributed by atoms with van der Waals surface area (Å²) in [6.07, 6.45) is -3.42. The molecule has 5 atom stereocenters. The number of carboxylic acids is 2. The molecule has 1 fully saturated rings. The van der Waals surface area contributed by atoms with E-state index in [0.29, 0.717) is 0 Å². The minimum atomic E-state index is -4.85. The fourth-order valence-corrected chi connectivity index (χ4v) is 4.46. The number of nitrogens with zero attached hydrogens (tertiary/aromatic N) is 1. The van der Waals surface area contributed by atoms with Gasteiger partial charge in [-0.05, 0) is 17.6 Å². The molecule has 2 heterocycles. The Kier molecular flexibility index (Phi) is 13.6. The molecule has 0 radical (unpaired) electrons. The summed E-state index contributed by atoms with van der Waals surface area (Å²) in [7, 11) is -6.19. The van der Waals surface area contributed by atoms with E-state index in [1.807, 2.05) is 10.1 Å². The van der Waals surface area contributed by atoms with Gasteiger partial charge in [0.15, 0.2) is 5.92 Å². The predicted octanol–water partition coefficient (Wildman–Crippen LogP) is -4.16. The van der Waals surface area contributed by atoms with Crippen LogP contribution in [0, 0.1) is 12.0 Å². The van der Waals surface area contributed by atoms with E-state index in [-0.39, 0.29) is 57.5 Å². The molecule has 190 valence electrons. The van der Waals surface area contributed by atoms with Crippen molar-refractivity contribution in [3.8, 4) is 0 Å². The van der Waals surface area contributed by atoms with Crippen molar-refractivity contribution in [2.75, 3.05) is 20.3 Å². The SMILES string of the molecule is CO[C@@H]1[C@H](O[P+](=O)S)[C-](COP(=O)([O-])NCCC(C(=O)O)C(=O)O)O[C@H]1n1ccc(=O)[nH]c1=O.[K+]. The number of aliphatic carboxylic acids is 2. The molecule has 1 aliphatic heterocycles. The second-order valence-corrected chi connectivity index (χ2v) is 9.89. The molecule has 0 bridgehead atoms. The molecule has 1 aromatic rings. The number of ether oxygens (including phenoxy) is 2. The van der Waals surface area contributed by atoms with Crippen LogP contribution in [0.25, 0.3) is 0 Å². The van der Waals surface area contributed by atoms with Gasteiger partial charge in [-0.1, -0.05) is 0 Å². The Labute approximate surface area is 245 Å². The molecule has 1 aromatic heterocycles. The van der Waals surface area contributed by atoms with E-state index in [4.69, 9.17) is 28.7 Å². The second kappa shape index (κ2) is 14.6. The second-order valence-electron chi connectivity index (χ2n) is 6.65. The van der Waals surface area contributed by atoms with Crippen molar-refractivity contribution in [2.45, 2.75) is 24.9 Å². The molecule has 0 amide bonds. The Morgan fingerprint density at radius 3 is 2.57 bits per heavy atom. The van der Waals surface area contributed by atoms with Crippen molar-refractivity contribution in [2.24, 2.45) is 5.92 Å². The molecule has 2 unspecified atom stereocenters. The van der Waals surface area contributed by atoms with E-state index in [0.717, 1.165) is 16.8 Å². The summed E-state index contributed by atoms with van der Waals surface area (Å²) in [4.78, 5) is 59.3. The number of rotatable bonds is 13. The number of aromatic amines is 1. The first-order valence-electron chi connectivity index (χ1n) is 9.22. The third-order valence-electron chi connectivity index (χ3n) is 4.48. The van der Waals surface area contributed by atoms with Crippen LogP contribution in [0.1, 0.15) is 12.6 Å². The van der Waals surface area contributed by atoms with Gasteiger partial charge in [-0.2, -0.15) is 4.52 Å². The van der Waals surface area contributed by atoms with Gasteiger partial charge in [0, 0.05) is 25.9 Å². The number of carbonyl (C=O) groups is 2. The maximum absolute atomic E-state index is 12.1. The average molecular weight is 583 g/mol. The molecule has 4 N–H and O–H groups in total. The third kappa shape index (κ3) is 9.50. The van der Waals surface area contributed by atoms with Crippen molar-refractivity contribution in [3.05, 3.63) is 39.2 Å². The van der Waals surface area contributed by atoms with Crippen molar-refractivity contribution < 1.29 is 104 Å². The van der Waals surface area contributed by atoms with Crippen LogP contribution in [0.15, 0.2) is 21.9 Å². The minimum Gasteiger partial charge on any atom is -0.766 e. The van der Waals surface area contributed by atoms with Crippen LogP contribution in [-0.2, 0) is 37.2 Å². The Hall–Kier alpha value is -0.304. The van der Waals surface area contributed by atoms with E-state index < -0.39 is 82.1 Å². The molecule has 0 aromatic carbocycles. The third-order valence-corrected chi connectivity index (χ3v) is 6.25. The van der Waals surface area contributed by atoms with Crippen molar-refractivity contribution in [3.63, 3.8) is 0 Å². The average Bonchev–Trinajstić information content (AvgIpc) is 3.05. The normalized spacial score (nSPS) is 22.4. The Morgan fingerprint density at radius 2 is 2.06 bits per heavy atom. The van der Waals surface area contributed by atoms with E-state index in [1.165, 1.54) is 7.11 Å². The molecule has 1 saturated heterocycles. The largest absolute Gasteiger partial charge is 1.00 e. The molecular formula is C15H20KN3O13P2S. The predicted molar refractivity (Wildman–Crippen MR) is 112 cm³/mol. The summed E-state index contributed by atoms with van der Waals surface area (Å²) in [6.45, 7) is -1.36. The van der Waals surface area contributed by atoms with Gasteiger partial charge in [0.2, 0.25) is 7.75 Å². The maximum atomic E-state index is 12.1. The molecule has 0 spiro atoms. The van der Waals surface area contributed by atoms with Gasteiger partial charge in [-0.15, -0.1) is 6.10 Å². The molecule has 0 saturated carbocycles. The van der Waals surface area contributed by atoms with Crippen LogP contribution in [0.4, 0.5) is 0 Å². The zero-order valence-electron chi connectivity index (χ0n) is 18.3. The fraction of sp³-hybridized carbons (Fsp3) is 0.533. The summed E-state index contributed by atoms with van der Waals surface area (Å²) in [5.74, 6) is -5.11. The van der Waals surface area contributed by atoms with E-state index in [9.17, 15) is 33.2 Å². The van der Waals surface area contributed by atoms with Crippen molar-refractivity contribution in [1.29, 1.82) is 0 Å². The maximum Gasteiger partial charge on any atom is 1.00 e. The zero-order valence-corrected chi connectivity index (χ0v) is 24.1. The monoisotopic (exact) mass is 583 g/mol. The van der Waals surface area contributed by atoms with E-state index in [1.54, 1.807) is 0 Å². The number of methoxy groups -OCH3 is 1. The Bertz CT molecular complexity index is 1070.